The summed E-state index contributed by atoms with van der Waals surface area (Å²) in [7, 11) is -7.92. The van der Waals surface area contributed by atoms with E-state index in [1.54, 1.807) is 0 Å². The van der Waals surface area contributed by atoms with E-state index in [-0.39, 0.29) is 0 Å². The topological polar surface area (TPSA) is 27.7 Å². The molecule has 1 saturated carbocycles. The van der Waals surface area contributed by atoms with Crippen LogP contribution in [0.2, 0.25) is 31.7 Å². The van der Waals surface area contributed by atoms with Crippen molar-refractivity contribution in [3.63, 3.8) is 0 Å². The molecule has 1 fully saturated rings. The Morgan fingerprint density at radius 1 is 1.00 bits per heavy atom. The van der Waals surface area contributed by atoms with E-state index in [0.717, 1.165) is 6.42 Å². The highest BCUT2D eigenvalue weighted by Gasteiger charge is 2.58. The molecular weight excluding hydrogens is 365 g/mol. The first-order chi connectivity index (χ1) is 11.2. The molecule has 0 amide bonds. The van der Waals surface area contributed by atoms with Crippen LogP contribution < -0.4 is 0 Å². The standard InChI is InChI=1S/C17H32O3Si4/c1-8-21(4)18-24(19-22(5)9-2,20-23(6,7)10-3)17-14-15-11-12-16(17)13-15/h8-12,15-17,21-22H,1-3,13-14H2,4-7H3. The van der Waals surface area contributed by atoms with Crippen LogP contribution in [0.1, 0.15) is 12.8 Å². The van der Waals surface area contributed by atoms with Crippen LogP contribution in [-0.2, 0) is 12.3 Å². The Bertz CT molecular complexity index is 504. The van der Waals surface area contributed by atoms with E-state index in [4.69, 9.17) is 12.3 Å². The van der Waals surface area contributed by atoms with Crippen LogP contribution in [0.5, 0.6) is 0 Å². The molecule has 2 aliphatic rings. The largest absolute Gasteiger partial charge is 0.473 e. The SMILES string of the molecule is C=C[SiH](C)O[Si](O[SiH](C)C=C)(O[Si](C)(C)C=C)C1CC2C=CC1C2. The summed E-state index contributed by atoms with van der Waals surface area (Å²) in [5.41, 5.74) is 6.31. The molecular formula is C17H32O3Si4. The van der Waals surface area contributed by atoms with Gasteiger partial charge in [-0.25, -0.2) is 0 Å². The van der Waals surface area contributed by atoms with Crippen molar-refractivity contribution in [2.75, 3.05) is 0 Å². The third kappa shape index (κ3) is 4.46. The molecule has 3 nitrogen and oxygen atoms in total. The van der Waals surface area contributed by atoms with Crippen molar-refractivity contribution in [3.8, 4) is 0 Å². The monoisotopic (exact) mass is 396 g/mol. The van der Waals surface area contributed by atoms with Gasteiger partial charge >= 0.3 is 8.80 Å². The fourth-order valence-corrected chi connectivity index (χ4v) is 17.1. The minimum Gasteiger partial charge on any atom is -0.415 e. The Morgan fingerprint density at radius 2 is 1.58 bits per heavy atom. The Labute approximate surface area is 153 Å². The van der Waals surface area contributed by atoms with Crippen molar-refractivity contribution in [1.82, 2.24) is 0 Å². The van der Waals surface area contributed by atoms with Crippen molar-refractivity contribution >= 4 is 35.2 Å². The highest BCUT2D eigenvalue weighted by molar-refractivity contribution is 6.88. The molecule has 0 radical (unpaired) electrons. The van der Waals surface area contributed by atoms with Crippen molar-refractivity contribution in [2.24, 2.45) is 11.8 Å². The van der Waals surface area contributed by atoms with Crippen LogP contribution in [0, 0.1) is 11.8 Å². The summed E-state index contributed by atoms with van der Waals surface area (Å²) < 4.78 is 20.2. The Hall–Kier alpha value is -0.292. The zero-order valence-electron chi connectivity index (χ0n) is 15.5. The third-order valence-electron chi connectivity index (χ3n) is 4.99. The highest BCUT2D eigenvalue weighted by Crippen LogP contribution is 2.53. The van der Waals surface area contributed by atoms with Gasteiger partial charge in [0.1, 0.15) is 0 Å². The molecule has 5 unspecified atom stereocenters. The van der Waals surface area contributed by atoms with Crippen molar-refractivity contribution in [2.45, 2.75) is 44.6 Å². The number of allylic oxidation sites excluding steroid dienone is 2. The lowest BCUT2D eigenvalue weighted by Crippen LogP contribution is -2.60. The van der Waals surface area contributed by atoms with Gasteiger partial charge in [-0.1, -0.05) is 29.2 Å². The third-order valence-corrected chi connectivity index (χ3v) is 17.7. The first kappa shape index (κ1) is 20.0. The zero-order valence-corrected chi connectivity index (χ0v) is 19.8. The summed E-state index contributed by atoms with van der Waals surface area (Å²) in [4.78, 5) is 0. The summed E-state index contributed by atoms with van der Waals surface area (Å²) in [6, 6.07) is 0. The summed E-state index contributed by atoms with van der Waals surface area (Å²) in [6.45, 7) is 20.6. The van der Waals surface area contributed by atoms with Crippen LogP contribution in [-0.4, -0.2) is 35.2 Å². The molecule has 0 saturated heterocycles. The number of hydrogen-bond acceptors (Lipinski definition) is 3. The summed E-state index contributed by atoms with van der Waals surface area (Å²) in [5.74, 6) is 1.20. The molecule has 0 aromatic heterocycles. The Morgan fingerprint density at radius 3 is 1.96 bits per heavy atom. The fourth-order valence-electron chi connectivity index (χ4n) is 3.54. The first-order valence-electron chi connectivity index (χ1n) is 8.88. The van der Waals surface area contributed by atoms with Gasteiger partial charge in [0, 0.05) is 5.54 Å². The summed E-state index contributed by atoms with van der Waals surface area (Å²) in [5, 5.41) is 0. The van der Waals surface area contributed by atoms with Gasteiger partial charge in [-0.15, -0.1) is 19.7 Å². The van der Waals surface area contributed by atoms with Crippen LogP contribution in [0.3, 0.4) is 0 Å². The maximum Gasteiger partial charge on any atom is 0.473 e. The molecule has 0 spiro atoms. The fraction of sp³-hybridized carbons (Fsp3) is 0.529. The number of hydrogen-bond donors (Lipinski definition) is 0. The lowest BCUT2D eigenvalue weighted by Gasteiger charge is -2.43. The lowest BCUT2D eigenvalue weighted by molar-refractivity contribution is 0.238. The van der Waals surface area contributed by atoms with E-state index in [9.17, 15) is 0 Å². The van der Waals surface area contributed by atoms with Crippen molar-refractivity contribution in [3.05, 3.63) is 49.0 Å². The van der Waals surface area contributed by atoms with E-state index in [1.165, 1.54) is 6.42 Å². The maximum absolute atomic E-state index is 6.81. The second-order valence-electron chi connectivity index (χ2n) is 7.52. The molecule has 0 aromatic rings. The Balaban J connectivity index is 2.40. The minimum absolute atomic E-state index is 0.379. The molecule has 0 N–H and O–H groups in total. The van der Waals surface area contributed by atoms with Crippen molar-refractivity contribution in [1.29, 1.82) is 0 Å². The van der Waals surface area contributed by atoms with E-state index in [2.05, 4.69) is 58.1 Å². The molecule has 0 aliphatic heterocycles. The van der Waals surface area contributed by atoms with Gasteiger partial charge < -0.3 is 12.3 Å². The molecule has 2 rings (SSSR count). The predicted octanol–water partition coefficient (Wildman–Crippen LogP) is 4.03. The minimum atomic E-state index is -2.82. The first-order valence-corrected chi connectivity index (χ1v) is 18.3. The maximum atomic E-state index is 6.81. The quantitative estimate of drug-likeness (QED) is 0.412. The number of fused-ring (bicyclic) bond motifs is 2. The van der Waals surface area contributed by atoms with Crippen molar-refractivity contribution < 1.29 is 12.3 Å². The van der Waals surface area contributed by atoms with Crippen LogP contribution in [0.15, 0.2) is 49.0 Å². The van der Waals surface area contributed by atoms with Crippen LogP contribution in [0.4, 0.5) is 0 Å². The van der Waals surface area contributed by atoms with Gasteiger partial charge in [0.15, 0.2) is 18.1 Å². The highest BCUT2D eigenvalue weighted by atomic mass is 28.5. The predicted molar refractivity (Wildman–Crippen MR) is 112 cm³/mol. The molecule has 24 heavy (non-hydrogen) atoms. The van der Waals surface area contributed by atoms with Gasteiger partial charge in [-0.2, -0.15) is 0 Å². The summed E-state index contributed by atoms with van der Waals surface area (Å²) in [6.07, 6.45) is 7.07. The molecule has 0 aromatic carbocycles. The van der Waals surface area contributed by atoms with Gasteiger partial charge in [0.2, 0.25) is 8.32 Å². The average Bonchev–Trinajstić information content (AvgIpc) is 3.17. The number of rotatable bonds is 10. The Kier molecular flexibility index (Phi) is 6.63. The van der Waals surface area contributed by atoms with Gasteiger partial charge in [0.05, 0.1) is 0 Å². The van der Waals surface area contributed by atoms with E-state index >= 15 is 0 Å². The zero-order chi connectivity index (χ0) is 18.0. The summed E-state index contributed by atoms with van der Waals surface area (Å²) >= 11 is 0. The van der Waals surface area contributed by atoms with E-state index < -0.39 is 35.2 Å². The molecule has 0 heterocycles. The second-order valence-corrected chi connectivity index (χ2v) is 19.5. The molecule has 5 atom stereocenters. The van der Waals surface area contributed by atoms with E-state index in [0.29, 0.717) is 17.4 Å². The molecule has 134 valence electrons. The molecule has 7 heteroatoms. The van der Waals surface area contributed by atoms with E-state index in [1.807, 2.05) is 17.1 Å². The van der Waals surface area contributed by atoms with Gasteiger partial charge in [0.25, 0.3) is 0 Å². The normalized spacial score (nSPS) is 30.6. The van der Waals surface area contributed by atoms with Crippen LogP contribution >= 0.6 is 0 Å². The average molecular weight is 397 g/mol. The van der Waals surface area contributed by atoms with Gasteiger partial charge in [-0.05, 0) is 50.9 Å². The van der Waals surface area contributed by atoms with Gasteiger partial charge in [-0.3, -0.25) is 0 Å². The molecule has 2 aliphatic carbocycles. The molecule has 2 bridgehead atoms. The van der Waals surface area contributed by atoms with Crippen LogP contribution in [0.25, 0.3) is 0 Å². The lowest BCUT2D eigenvalue weighted by atomic mass is 10.1. The smallest absolute Gasteiger partial charge is 0.415 e. The second kappa shape index (κ2) is 7.94.